The quantitative estimate of drug-likeness (QED) is 0.186. The molecule has 0 N–H and O–H groups in total. The maximum absolute atomic E-state index is 11.1. The Morgan fingerprint density at radius 1 is 0.971 bits per heavy atom. The number of nitro benzene ring substituents is 1. The van der Waals surface area contributed by atoms with Gasteiger partial charge in [-0.2, -0.15) is 5.10 Å². The average molecular weight is 579 g/mol. The summed E-state index contributed by atoms with van der Waals surface area (Å²) in [4.78, 5) is 10.7. The van der Waals surface area contributed by atoms with Gasteiger partial charge in [0, 0.05) is 34.2 Å². The van der Waals surface area contributed by atoms with Gasteiger partial charge in [-0.05, 0) is 62.6 Å². The summed E-state index contributed by atoms with van der Waals surface area (Å²) in [6, 6.07) is 25.2. The number of fused-ring (bicyclic) bond motifs is 4. The van der Waals surface area contributed by atoms with Crippen molar-refractivity contribution >= 4 is 54.0 Å². The molecule has 6 nitrogen and oxygen atoms in total. The van der Waals surface area contributed by atoms with Crippen LogP contribution in [-0.2, 0) is 0 Å². The largest absolute Gasteiger partial charge is 0.463 e. The third kappa shape index (κ3) is 3.58. The Labute approximate surface area is 212 Å². The maximum Gasteiger partial charge on any atom is 0.269 e. The molecular weight excluding hydrogens is 562 g/mol. The first kappa shape index (κ1) is 21.3. The third-order valence-electron chi connectivity index (χ3n) is 6.28. The van der Waals surface area contributed by atoms with Gasteiger partial charge in [0.15, 0.2) is 0 Å². The van der Waals surface area contributed by atoms with Gasteiger partial charge < -0.3 is 4.74 Å². The Hall–Kier alpha value is -3.23. The first-order valence-corrected chi connectivity index (χ1v) is 12.3. The topological polar surface area (TPSA) is 68.0 Å². The molecule has 0 radical (unpaired) electrons. The highest BCUT2D eigenvalue weighted by molar-refractivity contribution is 9.11. The number of non-ortho nitro benzene ring substituents is 1. The Bertz CT molecular complexity index is 1490. The summed E-state index contributed by atoms with van der Waals surface area (Å²) in [5.41, 5.74) is 3.95. The van der Waals surface area contributed by atoms with E-state index in [2.05, 4.69) is 68.3 Å². The second kappa shape index (κ2) is 8.21. The molecule has 168 valence electrons. The molecule has 2 aliphatic rings. The molecule has 2 aliphatic heterocycles. The minimum absolute atomic E-state index is 0.0285. The molecule has 0 unspecified atom stereocenters. The lowest BCUT2D eigenvalue weighted by Gasteiger charge is -2.38. The lowest BCUT2D eigenvalue weighted by molar-refractivity contribution is -0.384. The Kier molecular flexibility index (Phi) is 5.15. The van der Waals surface area contributed by atoms with Crippen molar-refractivity contribution in [3.05, 3.63) is 115 Å². The first-order chi connectivity index (χ1) is 16.5. The number of halogens is 2. The van der Waals surface area contributed by atoms with Crippen LogP contribution in [0.15, 0.2) is 92.9 Å². The first-order valence-electron chi connectivity index (χ1n) is 10.7. The van der Waals surface area contributed by atoms with Gasteiger partial charge in [-0.15, -0.1) is 0 Å². The molecule has 0 saturated heterocycles. The molecule has 0 bridgehead atoms. The minimum atomic E-state index is -0.506. The highest BCUT2D eigenvalue weighted by Gasteiger charge is 2.42. The number of hydrazone groups is 1. The van der Waals surface area contributed by atoms with Crippen LogP contribution in [-0.4, -0.2) is 15.6 Å². The molecule has 8 heteroatoms. The molecule has 2 atom stereocenters. The fourth-order valence-corrected chi connectivity index (χ4v) is 5.99. The molecule has 34 heavy (non-hydrogen) atoms. The van der Waals surface area contributed by atoms with Crippen LogP contribution < -0.4 is 4.74 Å². The maximum atomic E-state index is 11.1. The third-order valence-corrected chi connectivity index (χ3v) is 7.33. The van der Waals surface area contributed by atoms with E-state index in [9.17, 15) is 10.1 Å². The Morgan fingerprint density at radius 3 is 2.50 bits per heavy atom. The highest BCUT2D eigenvalue weighted by Crippen LogP contribution is 2.51. The molecule has 0 aromatic heterocycles. The van der Waals surface area contributed by atoms with Crippen LogP contribution in [0.3, 0.4) is 0 Å². The summed E-state index contributed by atoms with van der Waals surface area (Å²) in [7, 11) is 0. The van der Waals surface area contributed by atoms with Crippen molar-refractivity contribution in [2.75, 3.05) is 0 Å². The van der Waals surface area contributed by atoms with Gasteiger partial charge in [0.05, 0.1) is 21.1 Å². The number of hydrogen-bond donors (Lipinski definition) is 0. The van der Waals surface area contributed by atoms with E-state index in [0.717, 1.165) is 43.5 Å². The fraction of sp³-hybridized carbons (Fsp3) is 0.115. The second-order valence-electron chi connectivity index (χ2n) is 8.33. The standard InChI is InChI=1S/C26H17Br2N3O3/c27-19-12-21-24-14-23(18-6-5-15-3-1-2-4-17(15)11-18)29-30(24)26(34-25(21)22(28)13-19)16-7-9-20(10-8-16)31(32)33/h1-13,24,26H,14H2/t24-,26+/m0/s1. The number of hydrogen-bond acceptors (Lipinski definition) is 5. The van der Waals surface area contributed by atoms with Crippen LogP contribution in [0.5, 0.6) is 5.75 Å². The lowest BCUT2D eigenvalue weighted by atomic mass is 9.95. The van der Waals surface area contributed by atoms with E-state index in [1.807, 2.05) is 23.2 Å². The van der Waals surface area contributed by atoms with E-state index < -0.39 is 11.2 Å². The Morgan fingerprint density at radius 2 is 1.74 bits per heavy atom. The van der Waals surface area contributed by atoms with Crippen molar-refractivity contribution in [3.63, 3.8) is 0 Å². The smallest absolute Gasteiger partial charge is 0.269 e. The van der Waals surface area contributed by atoms with Gasteiger partial charge in [-0.25, -0.2) is 5.01 Å². The number of benzene rings is 4. The summed E-state index contributed by atoms with van der Waals surface area (Å²) < 4.78 is 8.26. The lowest BCUT2D eigenvalue weighted by Crippen LogP contribution is -2.33. The summed E-state index contributed by atoms with van der Waals surface area (Å²) in [6.45, 7) is 0. The number of nitrogens with zero attached hydrogens (tertiary/aromatic N) is 3. The molecule has 4 aromatic carbocycles. The van der Waals surface area contributed by atoms with E-state index >= 15 is 0 Å². The molecule has 0 aliphatic carbocycles. The van der Waals surface area contributed by atoms with Gasteiger partial charge in [0.2, 0.25) is 6.23 Å². The second-order valence-corrected chi connectivity index (χ2v) is 10.1. The summed E-state index contributed by atoms with van der Waals surface area (Å²) in [6.07, 6.45) is 0.217. The van der Waals surface area contributed by atoms with Crippen LogP contribution >= 0.6 is 31.9 Å². The SMILES string of the molecule is O=[N+]([O-])c1ccc([C@H]2Oc3c(Br)cc(Br)cc3[C@@H]3CC(c4ccc5ccccc5c4)=NN23)cc1. The fourth-order valence-electron chi connectivity index (χ4n) is 4.64. The van der Waals surface area contributed by atoms with Crippen molar-refractivity contribution in [2.45, 2.75) is 18.7 Å². The van der Waals surface area contributed by atoms with Gasteiger partial charge in [-0.3, -0.25) is 10.1 Å². The molecule has 0 fully saturated rings. The molecule has 0 spiro atoms. The summed E-state index contributed by atoms with van der Waals surface area (Å²) in [5, 5.41) is 20.5. The van der Waals surface area contributed by atoms with E-state index in [1.54, 1.807) is 12.1 Å². The van der Waals surface area contributed by atoms with Crippen LogP contribution in [0.2, 0.25) is 0 Å². The van der Waals surface area contributed by atoms with Crippen molar-refractivity contribution in [1.29, 1.82) is 0 Å². The van der Waals surface area contributed by atoms with Crippen molar-refractivity contribution in [3.8, 4) is 5.75 Å². The highest BCUT2D eigenvalue weighted by atomic mass is 79.9. The van der Waals surface area contributed by atoms with Crippen LogP contribution in [0.4, 0.5) is 5.69 Å². The zero-order valence-corrected chi connectivity index (χ0v) is 20.9. The van der Waals surface area contributed by atoms with Gasteiger partial charge >= 0.3 is 0 Å². The number of ether oxygens (including phenoxy) is 1. The average Bonchev–Trinajstić information content (AvgIpc) is 3.29. The van der Waals surface area contributed by atoms with Gasteiger partial charge in [-0.1, -0.05) is 52.3 Å². The molecule has 0 saturated carbocycles. The van der Waals surface area contributed by atoms with Crippen LogP contribution in [0, 0.1) is 10.1 Å². The monoisotopic (exact) mass is 577 g/mol. The Balaban J connectivity index is 1.45. The van der Waals surface area contributed by atoms with Gasteiger partial charge in [0.1, 0.15) is 5.75 Å². The molecule has 6 rings (SSSR count). The normalized spacial score (nSPS) is 18.8. The number of rotatable bonds is 3. The van der Waals surface area contributed by atoms with Crippen molar-refractivity contribution in [1.82, 2.24) is 5.01 Å². The zero-order valence-electron chi connectivity index (χ0n) is 17.7. The molecular formula is C26H17Br2N3O3. The van der Waals surface area contributed by atoms with Crippen LogP contribution in [0.1, 0.15) is 35.4 Å². The van der Waals surface area contributed by atoms with E-state index in [0.29, 0.717) is 0 Å². The predicted molar refractivity (Wildman–Crippen MR) is 138 cm³/mol. The summed E-state index contributed by atoms with van der Waals surface area (Å²) in [5.74, 6) is 0.766. The molecule has 0 amide bonds. The zero-order chi connectivity index (χ0) is 23.4. The van der Waals surface area contributed by atoms with E-state index in [-0.39, 0.29) is 11.7 Å². The van der Waals surface area contributed by atoms with Gasteiger partial charge in [0.25, 0.3) is 5.69 Å². The summed E-state index contributed by atoms with van der Waals surface area (Å²) >= 11 is 7.25. The van der Waals surface area contributed by atoms with Crippen LogP contribution in [0.25, 0.3) is 10.8 Å². The van der Waals surface area contributed by atoms with E-state index in [4.69, 9.17) is 9.84 Å². The van der Waals surface area contributed by atoms with Crippen molar-refractivity contribution in [2.24, 2.45) is 5.10 Å². The molecule has 2 heterocycles. The van der Waals surface area contributed by atoms with E-state index in [1.165, 1.54) is 22.9 Å². The van der Waals surface area contributed by atoms with Crippen molar-refractivity contribution < 1.29 is 9.66 Å². The predicted octanol–water partition coefficient (Wildman–Crippen LogP) is 7.52. The number of nitro groups is 1. The molecule has 4 aromatic rings. The minimum Gasteiger partial charge on any atom is -0.463 e.